The molecule has 38 heavy (non-hydrogen) atoms. The highest BCUT2D eigenvalue weighted by Crippen LogP contribution is 2.43. The fourth-order valence-electron chi connectivity index (χ4n) is 6.31. The molecule has 6 N–H and O–H groups in total. The van der Waals surface area contributed by atoms with Crippen molar-refractivity contribution in [1.29, 1.82) is 0 Å². The van der Waals surface area contributed by atoms with Crippen LogP contribution in [0.15, 0.2) is 0 Å². The third-order valence-electron chi connectivity index (χ3n) is 8.41. The van der Waals surface area contributed by atoms with E-state index in [2.05, 4.69) is 0 Å². The third-order valence-corrected chi connectivity index (χ3v) is 8.41. The Morgan fingerprint density at radius 2 is 1.63 bits per heavy atom. The van der Waals surface area contributed by atoms with Gasteiger partial charge in [-0.15, -0.1) is 0 Å². The van der Waals surface area contributed by atoms with Crippen molar-refractivity contribution in [3.63, 3.8) is 0 Å². The van der Waals surface area contributed by atoms with E-state index in [4.69, 9.17) is 28.8 Å². The molecule has 4 aliphatic rings. The lowest BCUT2D eigenvalue weighted by Gasteiger charge is -2.50. The van der Waals surface area contributed by atoms with Gasteiger partial charge in [0.05, 0.1) is 36.6 Å². The average molecular weight is 549 g/mol. The number of aliphatic hydroxyl groups excluding tert-OH is 5. The lowest BCUT2D eigenvalue weighted by atomic mass is 9.73. The van der Waals surface area contributed by atoms with Crippen molar-refractivity contribution in [2.75, 3.05) is 13.7 Å². The topological polar surface area (TPSA) is 202 Å². The Balaban J connectivity index is 1.49. The van der Waals surface area contributed by atoms with Crippen LogP contribution in [0.2, 0.25) is 0 Å². The predicted octanol–water partition coefficient (Wildman–Crippen LogP) is -1.31. The second kappa shape index (κ2) is 12.8. The van der Waals surface area contributed by atoms with E-state index in [1.54, 1.807) is 7.11 Å². The van der Waals surface area contributed by atoms with Crippen molar-refractivity contribution in [2.45, 2.75) is 119 Å². The molecule has 0 spiro atoms. The number of methoxy groups -OCH3 is 1. The molecule has 2 aliphatic heterocycles. The molecule has 13 atom stereocenters. The summed E-state index contributed by atoms with van der Waals surface area (Å²) in [6.07, 6.45) is -6.94. The van der Waals surface area contributed by atoms with Gasteiger partial charge in [0.1, 0.15) is 37.4 Å². The highest BCUT2D eigenvalue weighted by molar-refractivity contribution is 5.90. The minimum atomic E-state index is -1.68. The van der Waals surface area contributed by atoms with Gasteiger partial charge >= 0.3 is 11.9 Å². The molecule has 8 unspecified atom stereocenters. The van der Waals surface area contributed by atoms with Crippen LogP contribution in [0.4, 0.5) is 0 Å². The summed E-state index contributed by atoms with van der Waals surface area (Å²) < 4.78 is 28.8. The van der Waals surface area contributed by atoms with Crippen molar-refractivity contribution < 1.29 is 63.9 Å². The molecule has 2 saturated heterocycles. The van der Waals surface area contributed by atoms with E-state index in [1.807, 2.05) is 0 Å². The molecular formula is C25H40O13. The summed E-state index contributed by atoms with van der Waals surface area (Å²) in [4.78, 5) is 22.4. The number of aliphatic carboxylic acids is 1. The zero-order chi connectivity index (χ0) is 27.6. The molecule has 13 nitrogen and oxygen atoms in total. The summed E-state index contributed by atoms with van der Waals surface area (Å²) in [5.41, 5.74) is 0. The zero-order valence-corrected chi connectivity index (χ0v) is 21.4. The van der Waals surface area contributed by atoms with Gasteiger partial charge in [0.2, 0.25) is 0 Å². The minimum Gasteiger partial charge on any atom is -0.481 e. The van der Waals surface area contributed by atoms with E-state index in [1.165, 1.54) is 0 Å². The Hall–Kier alpha value is -1.42. The Kier molecular flexibility index (Phi) is 9.98. The van der Waals surface area contributed by atoms with E-state index in [0.717, 1.165) is 12.8 Å². The van der Waals surface area contributed by atoms with Crippen molar-refractivity contribution in [1.82, 2.24) is 0 Å². The van der Waals surface area contributed by atoms with Gasteiger partial charge in [-0.3, -0.25) is 9.59 Å². The van der Waals surface area contributed by atoms with Gasteiger partial charge in [-0.2, -0.15) is 0 Å². The average Bonchev–Trinajstić information content (AvgIpc) is 2.88. The number of carboxylic acid groups (broad SMARTS) is 1. The van der Waals surface area contributed by atoms with E-state index in [-0.39, 0.29) is 24.0 Å². The SMILES string of the molecule is COC1CC(C2OC3CCCC(O)C3CC2O[C@@H]2O[C@H](COC(=O)CC(=O)O)[C@@H](O)[C@H](O)[C@H]2O)CCC1O. The van der Waals surface area contributed by atoms with E-state index in [0.29, 0.717) is 32.1 Å². The molecule has 2 aliphatic carbocycles. The number of hydrogen-bond donors (Lipinski definition) is 6. The van der Waals surface area contributed by atoms with Crippen LogP contribution in [-0.2, 0) is 33.3 Å². The first kappa shape index (κ1) is 29.6. The molecule has 2 heterocycles. The van der Waals surface area contributed by atoms with Crippen LogP contribution in [0.5, 0.6) is 0 Å². The fraction of sp³-hybridized carbons (Fsp3) is 0.920. The molecule has 2 saturated carbocycles. The lowest BCUT2D eigenvalue weighted by Crippen LogP contribution is -2.62. The van der Waals surface area contributed by atoms with Gasteiger partial charge in [-0.25, -0.2) is 0 Å². The van der Waals surface area contributed by atoms with Crippen LogP contribution in [0.25, 0.3) is 0 Å². The summed E-state index contributed by atoms with van der Waals surface area (Å²) in [6.45, 7) is -0.555. The highest BCUT2D eigenvalue weighted by Gasteiger charge is 2.51. The summed E-state index contributed by atoms with van der Waals surface area (Å²) in [5.74, 6) is -2.66. The Labute approximate surface area is 220 Å². The number of fused-ring (bicyclic) bond motifs is 1. The number of rotatable bonds is 8. The maximum atomic E-state index is 11.7. The predicted molar refractivity (Wildman–Crippen MR) is 126 cm³/mol. The molecule has 0 aromatic rings. The Bertz CT molecular complexity index is 810. The molecule has 0 aromatic heterocycles. The first-order valence-corrected chi connectivity index (χ1v) is 13.4. The number of carbonyl (C=O) groups excluding carboxylic acids is 1. The molecule has 218 valence electrons. The monoisotopic (exact) mass is 548 g/mol. The first-order valence-electron chi connectivity index (χ1n) is 13.4. The van der Waals surface area contributed by atoms with Crippen LogP contribution >= 0.6 is 0 Å². The summed E-state index contributed by atoms with van der Waals surface area (Å²) in [7, 11) is 1.54. The van der Waals surface area contributed by atoms with Gasteiger partial charge in [0, 0.05) is 13.0 Å². The number of carboxylic acids is 1. The van der Waals surface area contributed by atoms with Gasteiger partial charge in [0.15, 0.2) is 6.29 Å². The summed E-state index contributed by atoms with van der Waals surface area (Å²) in [5, 5.41) is 61.2. The number of hydrogen-bond acceptors (Lipinski definition) is 12. The molecule has 0 aromatic carbocycles. The second-order valence-electron chi connectivity index (χ2n) is 10.9. The van der Waals surface area contributed by atoms with Crippen molar-refractivity contribution in [3.8, 4) is 0 Å². The Morgan fingerprint density at radius 1 is 0.868 bits per heavy atom. The Morgan fingerprint density at radius 3 is 2.34 bits per heavy atom. The normalized spacial score (nSPS) is 45.7. The molecular weight excluding hydrogens is 508 g/mol. The first-order chi connectivity index (χ1) is 18.1. The van der Waals surface area contributed by atoms with Gasteiger partial charge in [-0.05, 0) is 50.9 Å². The van der Waals surface area contributed by atoms with E-state index in [9.17, 15) is 35.1 Å². The van der Waals surface area contributed by atoms with Crippen LogP contribution in [0, 0.1) is 11.8 Å². The molecule has 0 bridgehead atoms. The molecule has 4 rings (SSSR count). The molecule has 4 fully saturated rings. The molecule has 0 amide bonds. The van der Waals surface area contributed by atoms with Crippen LogP contribution in [0.1, 0.15) is 51.4 Å². The number of ether oxygens (including phenoxy) is 5. The number of aliphatic hydroxyl groups is 5. The second-order valence-corrected chi connectivity index (χ2v) is 10.9. The highest BCUT2D eigenvalue weighted by atomic mass is 16.7. The zero-order valence-electron chi connectivity index (χ0n) is 21.4. The summed E-state index contributed by atoms with van der Waals surface area (Å²) in [6, 6.07) is 0. The number of carbonyl (C=O) groups is 2. The smallest absolute Gasteiger partial charge is 0.317 e. The van der Waals surface area contributed by atoms with Crippen molar-refractivity contribution >= 4 is 11.9 Å². The van der Waals surface area contributed by atoms with Gasteiger partial charge < -0.3 is 54.3 Å². The van der Waals surface area contributed by atoms with Crippen LogP contribution in [0.3, 0.4) is 0 Å². The standard InChI is InChI=1S/C25H40O13/c1-34-16-7-11(5-6-14(16)27)24-17(8-12-13(26)3-2-4-15(12)36-24)37-25-23(33)22(32)21(31)18(38-25)10-35-20(30)9-19(28)29/h11-18,21-27,31-33H,2-10H2,1H3,(H,28,29)/t11?,12?,13?,14?,15?,16?,17?,18-,21-,22+,23-,24?,25-/m1/s1. The van der Waals surface area contributed by atoms with E-state index < -0.39 is 80.1 Å². The van der Waals surface area contributed by atoms with Crippen molar-refractivity contribution in [3.05, 3.63) is 0 Å². The lowest BCUT2D eigenvalue weighted by molar-refractivity contribution is -0.332. The maximum Gasteiger partial charge on any atom is 0.317 e. The van der Waals surface area contributed by atoms with Crippen LogP contribution < -0.4 is 0 Å². The van der Waals surface area contributed by atoms with Crippen molar-refractivity contribution in [2.24, 2.45) is 11.8 Å². The quantitative estimate of drug-likeness (QED) is 0.154. The van der Waals surface area contributed by atoms with E-state index >= 15 is 0 Å². The largest absolute Gasteiger partial charge is 0.481 e. The van der Waals surface area contributed by atoms with Gasteiger partial charge in [-0.1, -0.05) is 0 Å². The molecule has 0 radical (unpaired) electrons. The maximum absolute atomic E-state index is 11.7. The molecule has 13 heteroatoms. The third kappa shape index (κ3) is 6.65. The van der Waals surface area contributed by atoms with Gasteiger partial charge in [0.25, 0.3) is 0 Å². The minimum absolute atomic E-state index is 0.0441. The fourth-order valence-corrected chi connectivity index (χ4v) is 6.31. The summed E-state index contributed by atoms with van der Waals surface area (Å²) >= 11 is 0. The number of esters is 1. The van der Waals surface area contributed by atoms with Crippen LogP contribution in [-0.4, -0.2) is 124 Å².